The molecule has 5 rings (SSSR count). The van der Waals surface area contributed by atoms with Gasteiger partial charge in [-0.2, -0.15) is 0 Å². The minimum Gasteiger partial charge on any atom is -0.444 e. The van der Waals surface area contributed by atoms with Gasteiger partial charge in [0, 0.05) is 25.5 Å². The summed E-state index contributed by atoms with van der Waals surface area (Å²) in [6, 6.07) is 7.32. The van der Waals surface area contributed by atoms with Gasteiger partial charge in [0.2, 0.25) is 0 Å². The van der Waals surface area contributed by atoms with E-state index < -0.39 is 5.60 Å². The fourth-order valence-electron chi connectivity index (χ4n) is 4.71. The Kier molecular flexibility index (Phi) is 5.38. The summed E-state index contributed by atoms with van der Waals surface area (Å²) in [4.78, 5) is 33.7. The second-order valence-corrected chi connectivity index (χ2v) is 9.97. The van der Waals surface area contributed by atoms with Crippen LogP contribution in [-0.2, 0) is 4.74 Å². The lowest BCUT2D eigenvalue weighted by Crippen LogP contribution is -2.57. The van der Waals surface area contributed by atoms with E-state index in [0.717, 1.165) is 24.2 Å². The van der Waals surface area contributed by atoms with Gasteiger partial charge in [-0.1, -0.05) is 0 Å². The monoisotopic (exact) mass is 463 g/mol. The number of carbonyl (C=O) groups is 2. The third kappa shape index (κ3) is 4.40. The Labute approximate surface area is 197 Å². The molecule has 2 bridgehead atoms. The van der Waals surface area contributed by atoms with E-state index in [2.05, 4.69) is 25.4 Å². The maximum atomic E-state index is 12.7. The minimum atomic E-state index is -0.515. The molecule has 0 aliphatic carbocycles. The van der Waals surface area contributed by atoms with E-state index in [1.165, 1.54) is 0 Å². The van der Waals surface area contributed by atoms with Crippen LogP contribution in [0.3, 0.4) is 0 Å². The van der Waals surface area contributed by atoms with Crippen molar-refractivity contribution in [3.63, 3.8) is 0 Å². The highest BCUT2D eigenvalue weighted by Gasteiger charge is 2.44. The Hall–Kier alpha value is -3.69. The molecule has 34 heavy (non-hydrogen) atoms. The molecule has 2 aliphatic rings. The number of ether oxygens (including phenoxy) is 1. The maximum Gasteiger partial charge on any atom is 0.410 e. The highest BCUT2D eigenvalue weighted by molar-refractivity contribution is 6.02. The second kappa shape index (κ2) is 8.27. The summed E-state index contributed by atoms with van der Waals surface area (Å²) in [5, 5.41) is 11.3. The highest BCUT2D eigenvalue weighted by atomic mass is 16.6. The van der Waals surface area contributed by atoms with Gasteiger partial charge in [0.1, 0.15) is 11.2 Å². The molecule has 2 saturated heterocycles. The largest absolute Gasteiger partial charge is 0.444 e. The highest BCUT2D eigenvalue weighted by Crippen LogP contribution is 2.33. The van der Waals surface area contributed by atoms with Gasteiger partial charge < -0.3 is 19.4 Å². The molecule has 5 heterocycles. The van der Waals surface area contributed by atoms with Gasteiger partial charge >= 0.3 is 6.09 Å². The summed E-state index contributed by atoms with van der Waals surface area (Å²) in [5.74, 6) is 0.373. The zero-order valence-corrected chi connectivity index (χ0v) is 19.9. The molecule has 2 aliphatic heterocycles. The Morgan fingerprint density at radius 1 is 1.03 bits per heavy atom. The first-order valence-electron chi connectivity index (χ1n) is 11.5. The molecule has 2 unspecified atom stereocenters. The van der Waals surface area contributed by atoms with E-state index in [1.54, 1.807) is 12.1 Å². The van der Waals surface area contributed by atoms with Gasteiger partial charge in [0.15, 0.2) is 11.5 Å². The van der Waals surface area contributed by atoms with Gasteiger partial charge in [0.05, 0.1) is 23.5 Å². The van der Waals surface area contributed by atoms with Crippen LogP contribution in [0.1, 0.15) is 49.8 Å². The van der Waals surface area contributed by atoms with Crippen molar-refractivity contribution in [2.75, 3.05) is 23.3 Å². The molecule has 3 aromatic rings. The lowest BCUT2D eigenvalue weighted by atomic mass is 10.2. The van der Waals surface area contributed by atoms with E-state index in [-0.39, 0.29) is 29.8 Å². The number of fused-ring (bicyclic) bond motifs is 3. The topological polar surface area (TPSA) is 105 Å². The number of rotatable bonds is 3. The number of nitrogens with one attached hydrogen (secondary N) is 1. The average Bonchev–Trinajstić information content (AvgIpc) is 3.27. The third-order valence-corrected chi connectivity index (χ3v) is 6.12. The van der Waals surface area contributed by atoms with Crippen LogP contribution in [0.5, 0.6) is 0 Å². The Balaban J connectivity index is 1.24. The summed E-state index contributed by atoms with van der Waals surface area (Å²) < 4.78 is 7.47. The van der Waals surface area contributed by atoms with E-state index in [0.29, 0.717) is 24.6 Å². The first kappa shape index (κ1) is 22.1. The summed E-state index contributed by atoms with van der Waals surface area (Å²) in [6.45, 7) is 8.90. The summed E-state index contributed by atoms with van der Waals surface area (Å²) in [7, 11) is 0. The number of nitrogens with zero attached hydrogens (tertiary/aromatic N) is 6. The molecule has 2 fully saturated rings. The number of piperazine rings is 1. The van der Waals surface area contributed by atoms with Crippen LogP contribution < -0.4 is 10.2 Å². The molecule has 2 atom stereocenters. The van der Waals surface area contributed by atoms with Crippen molar-refractivity contribution >= 4 is 29.2 Å². The summed E-state index contributed by atoms with van der Waals surface area (Å²) in [5.41, 5.74) is 2.10. The molecule has 178 valence electrons. The van der Waals surface area contributed by atoms with E-state index in [9.17, 15) is 9.59 Å². The molecule has 0 aromatic carbocycles. The van der Waals surface area contributed by atoms with Crippen LogP contribution in [0.4, 0.5) is 16.3 Å². The van der Waals surface area contributed by atoms with Crippen molar-refractivity contribution in [2.45, 2.75) is 58.2 Å². The first-order valence-corrected chi connectivity index (χ1v) is 11.5. The van der Waals surface area contributed by atoms with Crippen LogP contribution in [0.2, 0.25) is 0 Å². The Bertz CT molecular complexity index is 1220. The number of amides is 2. The Morgan fingerprint density at radius 2 is 1.76 bits per heavy atom. The van der Waals surface area contributed by atoms with Crippen LogP contribution in [0.25, 0.3) is 5.65 Å². The summed E-state index contributed by atoms with van der Waals surface area (Å²) >= 11 is 0. The first-order chi connectivity index (χ1) is 16.2. The molecule has 10 nitrogen and oxygen atoms in total. The molecule has 0 radical (unpaired) electrons. The molecular weight excluding hydrogens is 434 g/mol. The number of aryl methyl sites for hydroxylation is 1. The maximum absolute atomic E-state index is 12.7. The number of imidazole rings is 1. The summed E-state index contributed by atoms with van der Waals surface area (Å²) in [6.07, 6.45) is 5.34. The predicted molar refractivity (Wildman–Crippen MR) is 127 cm³/mol. The minimum absolute atomic E-state index is 0.0834. The number of aromatic nitrogens is 4. The number of pyridine rings is 1. The van der Waals surface area contributed by atoms with Crippen molar-refractivity contribution in [2.24, 2.45) is 0 Å². The molecule has 10 heteroatoms. The standard InChI is InChI=1S/C24H29N7O3/c1-15-11-29-12-16(5-9-20(29)25-15)26-22(32)19-8-10-21(28-27-19)30-13-17-6-7-18(14-30)31(17)23(33)34-24(2,3)4/h5,8-12,17-18H,6-7,13-14H2,1-4H3,(H,26,32). The van der Waals surface area contributed by atoms with Gasteiger partial charge in [-0.25, -0.2) is 9.78 Å². The molecule has 0 saturated carbocycles. The molecule has 0 spiro atoms. The van der Waals surface area contributed by atoms with Crippen LogP contribution in [0, 0.1) is 6.92 Å². The fraction of sp³-hybridized carbons (Fsp3) is 0.458. The lowest BCUT2D eigenvalue weighted by Gasteiger charge is -2.41. The average molecular weight is 464 g/mol. The number of hydrogen-bond acceptors (Lipinski definition) is 7. The van der Waals surface area contributed by atoms with Gasteiger partial charge in [-0.15, -0.1) is 10.2 Å². The third-order valence-electron chi connectivity index (χ3n) is 6.12. The zero-order chi connectivity index (χ0) is 24.0. The van der Waals surface area contributed by atoms with Crippen LogP contribution in [-0.4, -0.2) is 67.3 Å². The quantitative estimate of drug-likeness (QED) is 0.636. The normalized spacial score (nSPS) is 20.0. The van der Waals surface area contributed by atoms with Crippen LogP contribution >= 0.6 is 0 Å². The predicted octanol–water partition coefficient (Wildman–Crippen LogP) is 3.27. The lowest BCUT2D eigenvalue weighted by molar-refractivity contribution is 0.0122. The van der Waals surface area contributed by atoms with E-state index in [4.69, 9.17) is 4.74 Å². The molecule has 1 N–H and O–H groups in total. The Morgan fingerprint density at radius 3 is 2.41 bits per heavy atom. The SMILES string of the molecule is Cc1cn2cc(NC(=O)c3ccc(N4CC5CCC(C4)N5C(=O)OC(C)(C)C)nn3)ccc2n1. The molecule has 3 aromatic heterocycles. The fourth-order valence-corrected chi connectivity index (χ4v) is 4.71. The van der Waals surface area contributed by atoms with Crippen molar-refractivity contribution in [3.05, 3.63) is 48.0 Å². The number of hydrogen-bond donors (Lipinski definition) is 1. The van der Waals surface area contributed by atoms with Crippen molar-refractivity contribution in [3.8, 4) is 0 Å². The van der Waals surface area contributed by atoms with Gasteiger partial charge in [0.25, 0.3) is 5.91 Å². The second-order valence-electron chi connectivity index (χ2n) is 9.97. The molecular formula is C24H29N7O3. The van der Waals surface area contributed by atoms with Crippen molar-refractivity contribution in [1.82, 2.24) is 24.5 Å². The smallest absolute Gasteiger partial charge is 0.410 e. The van der Waals surface area contributed by atoms with Gasteiger partial charge in [-0.3, -0.25) is 9.69 Å². The number of carbonyl (C=O) groups excluding carboxylic acids is 2. The van der Waals surface area contributed by atoms with Crippen LogP contribution in [0.15, 0.2) is 36.7 Å². The van der Waals surface area contributed by atoms with E-state index in [1.807, 2.05) is 61.5 Å². The number of anilines is 2. The van der Waals surface area contributed by atoms with Gasteiger partial charge in [-0.05, 0) is 64.8 Å². The van der Waals surface area contributed by atoms with Crippen molar-refractivity contribution in [1.29, 1.82) is 0 Å². The van der Waals surface area contributed by atoms with Crippen molar-refractivity contribution < 1.29 is 14.3 Å². The van der Waals surface area contributed by atoms with E-state index >= 15 is 0 Å². The zero-order valence-electron chi connectivity index (χ0n) is 19.9. The molecule has 2 amide bonds.